The molecule has 3 N–H and O–H groups in total. The first-order valence-electron chi connectivity index (χ1n) is 3.69. The zero-order valence-corrected chi connectivity index (χ0v) is 7.11. The van der Waals surface area contributed by atoms with Gasteiger partial charge in [-0.2, -0.15) is 0 Å². The van der Waals surface area contributed by atoms with Crippen molar-refractivity contribution in [3.05, 3.63) is 18.2 Å². The number of carbonyl (C=O) groups is 1. The van der Waals surface area contributed by atoms with Crippen molar-refractivity contribution in [2.45, 2.75) is 19.9 Å². The normalized spacial score (nSPS) is 10.3. The number of hydrogen-bond acceptors (Lipinski definition) is 3. The Bertz CT molecular complexity index is 279. The van der Waals surface area contributed by atoms with E-state index in [4.69, 9.17) is 5.84 Å². The molecule has 0 aromatic carbocycles. The summed E-state index contributed by atoms with van der Waals surface area (Å²) in [6, 6.07) is 0.208. The Hall–Kier alpha value is -1.36. The standard InChI is InChI=1S/C7H12N4O/c1-5(2)11-4-9-3-6(11)7(12)10-8/h3-5H,8H2,1-2H3,(H,10,12). The van der Waals surface area contributed by atoms with Crippen molar-refractivity contribution >= 4 is 5.91 Å². The molecule has 1 aromatic heterocycles. The van der Waals surface area contributed by atoms with E-state index >= 15 is 0 Å². The van der Waals surface area contributed by atoms with E-state index in [1.54, 1.807) is 10.9 Å². The van der Waals surface area contributed by atoms with Crippen molar-refractivity contribution in [2.24, 2.45) is 5.84 Å². The highest BCUT2D eigenvalue weighted by molar-refractivity contribution is 5.91. The maximum atomic E-state index is 11.1. The van der Waals surface area contributed by atoms with E-state index in [2.05, 4.69) is 10.4 Å². The topological polar surface area (TPSA) is 72.9 Å². The molecule has 0 bridgehead atoms. The molecule has 12 heavy (non-hydrogen) atoms. The van der Waals surface area contributed by atoms with Gasteiger partial charge >= 0.3 is 0 Å². The van der Waals surface area contributed by atoms with Gasteiger partial charge < -0.3 is 4.57 Å². The van der Waals surface area contributed by atoms with E-state index in [-0.39, 0.29) is 11.9 Å². The minimum absolute atomic E-state index is 0.208. The van der Waals surface area contributed by atoms with Crippen LogP contribution in [0.25, 0.3) is 0 Å². The third-order valence-electron chi connectivity index (χ3n) is 1.59. The lowest BCUT2D eigenvalue weighted by Crippen LogP contribution is -2.32. The van der Waals surface area contributed by atoms with E-state index in [0.29, 0.717) is 5.69 Å². The van der Waals surface area contributed by atoms with E-state index in [1.165, 1.54) is 6.20 Å². The van der Waals surface area contributed by atoms with Crippen LogP contribution in [0, 0.1) is 0 Å². The van der Waals surface area contributed by atoms with Gasteiger partial charge in [0, 0.05) is 6.04 Å². The third kappa shape index (κ3) is 1.45. The number of imidazole rings is 1. The zero-order valence-electron chi connectivity index (χ0n) is 7.11. The van der Waals surface area contributed by atoms with E-state index in [9.17, 15) is 4.79 Å². The van der Waals surface area contributed by atoms with Gasteiger partial charge in [-0.3, -0.25) is 10.2 Å². The van der Waals surface area contributed by atoms with Crippen molar-refractivity contribution < 1.29 is 4.79 Å². The largest absolute Gasteiger partial charge is 0.324 e. The molecule has 1 heterocycles. The first-order valence-corrected chi connectivity index (χ1v) is 3.69. The van der Waals surface area contributed by atoms with E-state index in [1.807, 2.05) is 13.8 Å². The van der Waals surface area contributed by atoms with Crippen LogP contribution in [-0.4, -0.2) is 15.5 Å². The van der Waals surface area contributed by atoms with Crippen LogP contribution in [-0.2, 0) is 0 Å². The van der Waals surface area contributed by atoms with Crippen LogP contribution in [0.2, 0.25) is 0 Å². The number of amides is 1. The second-order valence-corrected chi connectivity index (χ2v) is 2.75. The minimum atomic E-state index is -0.318. The number of rotatable bonds is 2. The van der Waals surface area contributed by atoms with Gasteiger partial charge in [-0.15, -0.1) is 0 Å². The number of nitrogens with two attached hydrogens (primary N) is 1. The smallest absolute Gasteiger partial charge is 0.283 e. The molecule has 0 radical (unpaired) electrons. The summed E-state index contributed by atoms with van der Waals surface area (Å²) in [7, 11) is 0. The molecule has 66 valence electrons. The summed E-state index contributed by atoms with van der Waals surface area (Å²) in [5, 5.41) is 0. The number of hydrogen-bond donors (Lipinski definition) is 2. The molecule has 0 spiro atoms. The average Bonchev–Trinajstić information content (AvgIpc) is 2.50. The Morgan fingerprint density at radius 3 is 2.92 bits per heavy atom. The highest BCUT2D eigenvalue weighted by Crippen LogP contribution is 2.07. The molecule has 0 unspecified atom stereocenters. The molecule has 0 aliphatic heterocycles. The fourth-order valence-electron chi connectivity index (χ4n) is 0.966. The summed E-state index contributed by atoms with van der Waals surface area (Å²) in [6.45, 7) is 3.93. The summed E-state index contributed by atoms with van der Waals surface area (Å²) < 4.78 is 1.75. The number of nitrogens with zero attached hydrogens (tertiary/aromatic N) is 2. The quantitative estimate of drug-likeness (QED) is 0.373. The molecular formula is C7H12N4O. The summed E-state index contributed by atoms with van der Waals surface area (Å²) in [5.41, 5.74) is 2.54. The summed E-state index contributed by atoms with van der Waals surface area (Å²) >= 11 is 0. The molecule has 5 heteroatoms. The molecule has 0 fully saturated rings. The van der Waals surface area contributed by atoms with Crippen LogP contribution >= 0.6 is 0 Å². The van der Waals surface area contributed by atoms with E-state index in [0.717, 1.165) is 0 Å². The molecular weight excluding hydrogens is 156 g/mol. The van der Waals surface area contributed by atoms with Crippen molar-refractivity contribution in [2.75, 3.05) is 0 Å². The van der Waals surface area contributed by atoms with Crippen molar-refractivity contribution in [3.8, 4) is 0 Å². The number of nitrogens with one attached hydrogen (secondary N) is 1. The Morgan fingerprint density at radius 1 is 1.75 bits per heavy atom. The molecule has 0 saturated heterocycles. The third-order valence-corrected chi connectivity index (χ3v) is 1.59. The van der Waals surface area contributed by atoms with Gasteiger partial charge in [-0.25, -0.2) is 10.8 Å². The second-order valence-electron chi connectivity index (χ2n) is 2.75. The van der Waals surface area contributed by atoms with Gasteiger partial charge in [-0.1, -0.05) is 0 Å². The molecule has 0 saturated carbocycles. The van der Waals surface area contributed by atoms with Crippen LogP contribution in [0.5, 0.6) is 0 Å². The lowest BCUT2D eigenvalue weighted by atomic mass is 10.3. The molecule has 1 rings (SSSR count). The average molecular weight is 168 g/mol. The first kappa shape index (κ1) is 8.73. The van der Waals surface area contributed by atoms with Crippen molar-refractivity contribution in [1.82, 2.24) is 15.0 Å². The van der Waals surface area contributed by atoms with Gasteiger partial charge in [0.15, 0.2) is 0 Å². The highest BCUT2D eigenvalue weighted by atomic mass is 16.2. The number of nitrogen functional groups attached to an aromatic ring is 1. The number of aromatic nitrogens is 2. The molecule has 5 nitrogen and oxygen atoms in total. The maximum Gasteiger partial charge on any atom is 0.283 e. The zero-order chi connectivity index (χ0) is 9.14. The van der Waals surface area contributed by atoms with Gasteiger partial charge in [-0.05, 0) is 13.8 Å². The molecule has 0 atom stereocenters. The predicted molar refractivity (Wildman–Crippen MR) is 44.3 cm³/mol. The minimum Gasteiger partial charge on any atom is -0.324 e. The first-order chi connectivity index (χ1) is 5.66. The number of hydrazine groups is 1. The lowest BCUT2D eigenvalue weighted by Gasteiger charge is -2.09. The number of carbonyl (C=O) groups excluding carboxylic acids is 1. The fourth-order valence-corrected chi connectivity index (χ4v) is 0.966. The monoisotopic (exact) mass is 168 g/mol. The second kappa shape index (κ2) is 3.36. The Balaban J connectivity index is 2.99. The Labute approximate surface area is 70.6 Å². The van der Waals surface area contributed by atoms with Gasteiger partial charge in [0.05, 0.1) is 12.5 Å². The summed E-state index contributed by atoms with van der Waals surface area (Å²) in [5.74, 6) is 4.67. The predicted octanol–water partition coefficient (Wildman–Crippen LogP) is 0.0675. The van der Waals surface area contributed by atoms with Crippen molar-refractivity contribution in [3.63, 3.8) is 0 Å². The molecule has 0 aliphatic rings. The summed E-state index contributed by atoms with van der Waals surface area (Å²) in [6.07, 6.45) is 3.09. The van der Waals surface area contributed by atoms with Crippen LogP contribution < -0.4 is 11.3 Å². The van der Waals surface area contributed by atoms with Crippen LogP contribution in [0.3, 0.4) is 0 Å². The van der Waals surface area contributed by atoms with E-state index < -0.39 is 0 Å². The van der Waals surface area contributed by atoms with Gasteiger partial charge in [0.2, 0.25) is 0 Å². The molecule has 1 aromatic rings. The maximum absolute atomic E-state index is 11.1. The fraction of sp³-hybridized carbons (Fsp3) is 0.429. The van der Waals surface area contributed by atoms with Gasteiger partial charge in [0.25, 0.3) is 5.91 Å². The van der Waals surface area contributed by atoms with Crippen molar-refractivity contribution in [1.29, 1.82) is 0 Å². The van der Waals surface area contributed by atoms with Gasteiger partial charge in [0.1, 0.15) is 5.69 Å². The summed E-state index contributed by atoms with van der Waals surface area (Å²) in [4.78, 5) is 15.0. The van der Waals surface area contributed by atoms with Crippen LogP contribution in [0.4, 0.5) is 0 Å². The molecule has 1 amide bonds. The van der Waals surface area contributed by atoms with Crippen LogP contribution in [0.15, 0.2) is 12.5 Å². The Morgan fingerprint density at radius 2 is 2.42 bits per heavy atom. The molecule has 0 aliphatic carbocycles. The van der Waals surface area contributed by atoms with Crippen LogP contribution in [0.1, 0.15) is 30.4 Å². The lowest BCUT2D eigenvalue weighted by molar-refractivity contribution is 0.0943. The Kier molecular flexibility index (Phi) is 2.44. The highest BCUT2D eigenvalue weighted by Gasteiger charge is 2.11. The SMILES string of the molecule is CC(C)n1cncc1C(=O)NN.